The summed E-state index contributed by atoms with van der Waals surface area (Å²) < 4.78 is 43.3. The Morgan fingerprint density at radius 1 is 1.25 bits per heavy atom. The number of carbonyl (C=O) groups is 2. The number of aliphatic hydroxyl groups excluding tert-OH is 1. The maximum absolute atomic E-state index is 12.7. The smallest absolute Gasteiger partial charge is 0.444 e. The van der Waals surface area contributed by atoms with Crippen LogP contribution in [-0.4, -0.2) is 71.0 Å². The number of amides is 2. The lowest BCUT2D eigenvalue weighted by Gasteiger charge is -2.39. The summed E-state index contributed by atoms with van der Waals surface area (Å²) in [5.41, 5.74) is -0.717. The first-order chi connectivity index (χ1) is 11.0. The van der Waals surface area contributed by atoms with Crippen LogP contribution in [0, 0.1) is 0 Å². The van der Waals surface area contributed by atoms with Crippen molar-refractivity contribution >= 4 is 12.0 Å². The van der Waals surface area contributed by atoms with E-state index in [1.807, 2.05) is 0 Å². The van der Waals surface area contributed by atoms with Gasteiger partial charge in [0.25, 0.3) is 0 Å². The van der Waals surface area contributed by atoms with E-state index in [4.69, 9.17) is 9.84 Å². The molecule has 1 aliphatic rings. The van der Waals surface area contributed by atoms with E-state index < -0.39 is 43.0 Å². The third-order valence-electron chi connectivity index (χ3n) is 3.59. The molecule has 1 heterocycles. The van der Waals surface area contributed by atoms with E-state index >= 15 is 0 Å². The largest absolute Gasteiger partial charge is 0.471 e. The van der Waals surface area contributed by atoms with E-state index in [1.165, 1.54) is 4.90 Å². The summed E-state index contributed by atoms with van der Waals surface area (Å²) in [5, 5.41) is 8.94. The number of alkyl halides is 3. The molecule has 0 bridgehead atoms. The molecule has 1 saturated heterocycles. The Balaban J connectivity index is 2.85. The molecule has 1 aliphatic heterocycles. The van der Waals surface area contributed by atoms with Crippen LogP contribution in [0.25, 0.3) is 0 Å². The van der Waals surface area contributed by atoms with E-state index in [2.05, 4.69) is 0 Å². The van der Waals surface area contributed by atoms with Crippen LogP contribution in [0.2, 0.25) is 0 Å². The summed E-state index contributed by atoms with van der Waals surface area (Å²) in [4.78, 5) is 25.7. The molecule has 1 atom stereocenters. The third kappa shape index (κ3) is 6.18. The summed E-state index contributed by atoms with van der Waals surface area (Å²) in [6, 6.07) is -0.563. The highest BCUT2D eigenvalue weighted by Crippen LogP contribution is 2.24. The molecular formula is C15H25F3N2O4. The Morgan fingerprint density at radius 3 is 2.38 bits per heavy atom. The van der Waals surface area contributed by atoms with Crippen molar-refractivity contribution in [3.05, 3.63) is 0 Å². The molecule has 0 spiro atoms. The van der Waals surface area contributed by atoms with Crippen LogP contribution in [0.5, 0.6) is 0 Å². The lowest BCUT2D eigenvalue weighted by atomic mass is 10.0. The third-order valence-corrected chi connectivity index (χ3v) is 3.59. The van der Waals surface area contributed by atoms with Gasteiger partial charge in [0.05, 0.1) is 12.6 Å². The summed E-state index contributed by atoms with van der Waals surface area (Å²) in [7, 11) is 0. The van der Waals surface area contributed by atoms with Crippen LogP contribution in [0.1, 0.15) is 40.0 Å². The maximum atomic E-state index is 12.7. The average molecular weight is 354 g/mol. The monoisotopic (exact) mass is 354 g/mol. The van der Waals surface area contributed by atoms with Gasteiger partial charge in [-0.05, 0) is 40.0 Å². The Kier molecular flexibility index (Phi) is 6.88. The molecule has 1 rings (SSSR count). The predicted molar refractivity (Wildman–Crippen MR) is 80.3 cm³/mol. The molecule has 6 nitrogen and oxygen atoms in total. The Hall–Kier alpha value is -1.51. The van der Waals surface area contributed by atoms with Gasteiger partial charge in [0.1, 0.15) is 5.60 Å². The van der Waals surface area contributed by atoms with Gasteiger partial charge in [-0.15, -0.1) is 0 Å². The van der Waals surface area contributed by atoms with E-state index in [1.54, 1.807) is 20.8 Å². The molecule has 9 heteroatoms. The highest BCUT2D eigenvalue weighted by molar-refractivity contribution is 5.82. The van der Waals surface area contributed by atoms with Crippen molar-refractivity contribution in [3.63, 3.8) is 0 Å². The van der Waals surface area contributed by atoms with Crippen molar-refractivity contribution < 1.29 is 32.6 Å². The molecule has 0 aliphatic carbocycles. The van der Waals surface area contributed by atoms with E-state index in [-0.39, 0.29) is 6.54 Å². The molecule has 2 amide bonds. The topological polar surface area (TPSA) is 70.1 Å². The fourth-order valence-electron chi connectivity index (χ4n) is 2.58. The molecular weight excluding hydrogens is 329 g/mol. The van der Waals surface area contributed by atoms with E-state index in [0.717, 1.165) is 12.8 Å². The van der Waals surface area contributed by atoms with Crippen molar-refractivity contribution in [1.82, 2.24) is 9.80 Å². The van der Waals surface area contributed by atoms with Gasteiger partial charge >= 0.3 is 18.2 Å². The number of halogens is 3. The fourth-order valence-corrected chi connectivity index (χ4v) is 2.58. The van der Waals surface area contributed by atoms with Gasteiger partial charge in [0, 0.05) is 19.6 Å². The first-order valence-corrected chi connectivity index (χ1v) is 7.92. The van der Waals surface area contributed by atoms with Crippen LogP contribution < -0.4 is 0 Å². The van der Waals surface area contributed by atoms with Gasteiger partial charge in [-0.3, -0.25) is 4.79 Å². The van der Waals surface area contributed by atoms with Crippen LogP contribution in [-0.2, 0) is 9.53 Å². The Labute approximate surface area is 139 Å². The second-order valence-corrected chi connectivity index (χ2v) is 6.80. The Bertz CT molecular complexity index is 449. The lowest BCUT2D eigenvalue weighted by Crippen LogP contribution is -2.54. The molecule has 140 valence electrons. The molecule has 1 N–H and O–H groups in total. The first kappa shape index (κ1) is 20.5. The molecule has 0 aromatic rings. The minimum absolute atomic E-state index is 0.280. The number of piperidine rings is 1. The summed E-state index contributed by atoms with van der Waals surface area (Å²) >= 11 is 0. The van der Waals surface area contributed by atoms with Crippen LogP contribution in [0.15, 0.2) is 0 Å². The number of carbonyl (C=O) groups excluding carboxylic acids is 2. The number of nitrogens with zero attached hydrogens (tertiary/aromatic N) is 2. The number of rotatable bonds is 4. The van der Waals surface area contributed by atoms with Crippen LogP contribution in [0.4, 0.5) is 18.0 Å². The number of hydrogen-bond acceptors (Lipinski definition) is 4. The highest BCUT2D eigenvalue weighted by Gasteiger charge is 2.43. The second-order valence-electron chi connectivity index (χ2n) is 6.80. The summed E-state index contributed by atoms with van der Waals surface area (Å²) in [6.45, 7) is 4.18. The molecule has 1 fully saturated rings. The Morgan fingerprint density at radius 2 is 1.88 bits per heavy atom. The standard InChI is InChI=1S/C15H25F3N2O4/c1-14(2,3)24-13(23)20-7-5-4-6-11(20)10-19(8-9-21)12(22)15(16,17)18/h11,21H,4-10H2,1-3H3/t11-/m0/s1. The summed E-state index contributed by atoms with van der Waals surface area (Å²) in [5.74, 6) is -2.01. The lowest BCUT2D eigenvalue weighted by molar-refractivity contribution is -0.186. The maximum Gasteiger partial charge on any atom is 0.471 e. The fraction of sp³-hybridized carbons (Fsp3) is 0.867. The average Bonchev–Trinajstić information content (AvgIpc) is 2.43. The molecule has 0 aromatic carbocycles. The van der Waals surface area contributed by atoms with Gasteiger partial charge in [0.2, 0.25) is 0 Å². The number of ether oxygens (including phenoxy) is 1. The molecule has 0 radical (unpaired) electrons. The van der Waals surface area contributed by atoms with Gasteiger partial charge in [-0.25, -0.2) is 4.79 Å². The zero-order valence-corrected chi connectivity index (χ0v) is 14.2. The van der Waals surface area contributed by atoms with Gasteiger partial charge < -0.3 is 19.6 Å². The van der Waals surface area contributed by atoms with Crippen molar-refractivity contribution in [2.75, 3.05) is 26.2 Å². The zero-order chi connectivity index (χ0) is 18.5. The van der Waals surface area contributed by atoms with Crippen molar-refractivity contribution in [1.29, 1.82) is 0 Å². The van der Waals surface area contributed by atoms with Gasteiger partial charge in [-0.1, -0.05) is 0 Å². The van der Waals surface area contributed by atoms with E-state index in [9.17, 15) is 22.8 Å². The molecule has 24 heavy (non-hydrogen) atoms. The van der Waals surface area contributed by atoms with Crippen LogP contribution >= 0.6 is 0 Å². The number of likely N-dealkylation sites (tertiary alicyclic amines) is 1. The van der Waals surface area contributed by atoms with Crippen molar-refractivity contribution in [2.45, 2.75) is 57.9 Å². The SMILES string of the molecule is CC(C)(C)OC(=O)N1CCCC[C@H]1CN(CCO)C(=O)C(F)(F)F. The second kappa shape index (κ2) is 8.04. The zero-order valence-electron chi connectivity index (χ0n) is 14.2. The minimum Gasteiger partial charge on any atom is -0.444 e. The normalized spacial score (nSPS) is 19.1. The van der Waals surface area contributed by atoms with Gasteiger partial charge in [-0.2, -0.15) is 13.2 Å². The number of aliphatic hydroxyl groups is 1. The molecule has 0 unspecified atom stereocenters. The van der Waals surface area contributed by atoms with E-state index in [0.29, 0.717) is 17.9 Å². The summed E-state index contributed by atoms with van der Waals surface area (Å²) in [6.07, 6.45) is -3.66. The molecule has 0 aromatic heterocycles. The molecule has 0 saturated carbocycles. The quantitative estimate of drug-likeness (QED) is 0.840. The van der Waals surface area contributed by atoms with Crippen molar-refractivity contribution in [3.8, 4) is 0 Å². The highest BCUT2D eigenvalue weighted by atomic mass is 19.4. The van der Waals surface area contributed by atoms with Gasteiger partial charge in [0.15, 0.2) is 0 Å². The van der Waals surface area contributed by atoms with Crippen molar-refractivity contribution in [2.24, 2.45) is 0 Å². The minimum atomic E-state index is -5.01. The van der Waals surface area contributed by atoms with Crippen LogP contribution in [0.3, 0.4) is 0 Å². The predicted octanol–water partition coefficient (Wildman–Crippen LogP) is 2.16. The first-order valence-electron chi connectivity index (χ1n) is 7.92. The number of hydrogen-bond donors (Lipinski definition) is 1.